The Hall–Kier alpha value is -0.590. The van der Waals surface area contributed by atoms with Crippen molar-refractivity contribution in [2.75, 3.05) is 0 Å². The smallest absolute Gasteiger partial charge is 0.159 e. The largest absolute Gasteiger partial charge is 0.295 e. The SMILES string of the molecule is C[C@@H]1CCC[C@@H]2C(=O)C=CC[C@@]12C. The van der Waals surface area contributed by atoms with Crippen LogP contribution in [0.5, 0.6) is 0 Å². The third-order valence-corrected chi connectivity index (χ3v) is 4.23. The summed E-state index contributed by atoms with van der Waals surface area (Å²) in [5, 5.41) is 0. The van der Waals surface area contributed by atoms with Gasteiger partial charge in [0.25, 0.3) is 0 Å². The molecule has 0 unspecified atom stereocenters. The maximum absolute atomic E-state index is 11.7. The Morgan fingerprint density at radius 2 is 2.23 bits per heavy atom. The van der Waals surface area contributed by atoms with Gasteiger partial charge in [-0.3, -0.25) is 4.79 Å². The molecule has 72 valence electrons. The summed E-state index contributed by atoms with van der Waals surface area (Å²) in [5.41, 5.74) is 0.268. The standard InChI is InChI=1S/C12H18O/c1-9-5-3-6-10-11(13)7-4-8-12(9,10)2/h4,7,9-10H,3,5-6,8H2,1-2H3/t9-,10-,12+/m1/s1. The summed E-state index contributed by atoms with van der Waals surface area (Å²) in [5.74, 6) is 1.40. The van der Waals surface area contributed by atoms with Crippen LogP contribution in [-0.4, -0.2) is 5.78 Å². The van der Waals surface area contributed by atoms with Crippen LogP contribution in [-0.2, 0) is 4.79 Å². The molecule has 13 heavy (non-hydrogen) atoms. The summed E-state index contributed by atoms with van der Waals surface area (Å²) >= 11 is 0. The van der Waals surface area contributed by atoms with Gasteiger partial charge in [-0.1, -0.05) is 32.8 Å². The number of carbonyl (C=O) groups excluding carboxylic acids is 1. The van der Waals surface area contributed by atoms with Crippen molar-refractivity contribution in [3.05, 3.63) is 12.2 Å². The van der Waals surface area contributed by atoms with Gasteiger partial charge < -0.3 is 0 Å². The van der Waals surface area contributed by atoms with Crippen molar-refractivity contribution < 1.29 is 4.79 Å². The van der Waals surface area contributed by atoms with E-state index in [0.717, 1.165) is 12.8 Å². The van der Waals surface area contributed by atoms with E-state index in [2.05, 4.69) is 19.9 Å². The van der Waals surface area contributed by atoms with Gasteiger partial charge in [-0.2, -0.15) is 0 Å². The summed E-state index contributed by atoms with van der Waals surface area (Å²) in [4.78, 5) is 11.7. The van der Waals surface area contributed by atoms with Crippen LogP contribution in [0.15, 0.2) is 12.2 Å². The first-order valence-electron chi connectivity index (χ1n) is 5.35. The Bertz CT molecular complexity index is 254. The Balaban J connectivity index is 2.32. The number of allylic oxidation sites excluding steroid dienone is 2. The van der Waals surface area contributed by atoms with Gasteiger partial charge in [0.2, 0.25) is 0 Å². The van der Waals surface area contributed by atoms with Crippen molar-refractivity contribution in [1.29, 1.82) is 0 Å². The van der Waals surface area contributed by atoms with E-state index >= 15 is 0 Å². The van der Waals surface area contributed by atoms with Crippen LogP contribution in [0.3, 0.4) is 0 Å². The van der Waals surface area contributed by atoms with Gasteiger partial charge in [0.05, 0.1) is 0 Å². The van der Waals surface area contributed by atoms with Gasteiger partial charge >= 0.3 is 0 Å². The van der Waals surface area contributed by atoms with E-state index in [4.69, 9.17) is 0 Å². The molecule has 1 fully saturated rings. The number of hydrogen-bond acceptors (Lipinski definition) is 1. The Morgan fingerprint density at radius 3 is 2.92 bits per heavy atom. The average Bonchev–Trinajstić information content (AvgIpc) is 2.08. The van der Waals surface area contributed by atoms with Gasteiger partial charge in [0, 0.05) is 5.92 Å². The lowest BCUT2D eigenvalue weighted by atomic mass is 9.57. The fourth-order valence-corrected chi connectivity index (χ4v) is 2.99. The number of rotatable bonds is 0. The number of carbonyl (C=O) groups is 1. The minimum atomic E-state index is 0.268. The molecule has 0 N–H and O–H groups in total. The fourth-order valence-electron chi connectivity index (χ4n) is 2.99. The average molecular weight is 178 g/mol. The van der Waals surface area contributed by atoms with E-state index in [1.807, 2.05) is 0 Å². The minimum absolute atomic E-state index is 0.268. The molecule has 0 bridgehead atoms. The van der Waals surface area contributed by atoms with E-state index in [9.17, 15) is 4.79 Å². The molecule has 1 nitrogen and oxygen atoms in total. The molecule has 0 heterocycles. The zero-order valence-corrected chi connectivity index (χ0v) is 8.55. The number of fused-ring (bicyclic) bond motifs is 1. The summed E-state index contributed by atoms with van der Waals surface area (Å²) in [7, 11) is 0. The molecule has 0 aromatic heterocycles. The molecule has 3 atom stereocenters. The van der Waals surface area contributed by atoms with E-state index in [0.29, 0.717) is 17.6 Å². The van der Waals surface area contributed by atoms with Gasteiger partial charge in [-0.25, -0.2) is 0 Å². The first-order chi connectivity index (χ1) is 6.14. The van der Waals surface area contributed by atoms with Crippen molar-refractivity contribution in [3.63, 3.8) is 0 Å². The van der Waals surface area contributed by atoms with Crippen LogP contribution in [0.2, 0.25) is 0 Å². The molecule has 2 aliphatic rings. The van der Waals surface area contributed by atoms with Crippen LogP contribution >= 0.6 is 0 Å². The molecular weight excluding hydrogens is 160 g/mol. The van der Waals surface area contributed by atoms with E-state index in [-0.39, 0.29) is 5.41 Å². The highest BCUT2D eigenvalue weighted by molar-refractivity contribution is 5.93. The van der Waals surface area contributed by atoms with Crippen LogP contribution in [0.25, 0.3) is 0 Å². The quantitative estimate of drug-likeness (QED) is 0.557. The van der Waals surface area contributed by atoms with Crippen molar-refractivity contribution in [3.8, 4) is 0 Å². The van der Waals surface area contributed by atoms with Gasteiger partial charge in [0.1, 0.15) is 0 Å². The van der Waals surface area contributed by atoms with Crippen molar-refractivity contribution in [2.45, 2.75) is 39.5 Å². The lowest BCUT2D eigenvalue weighted by Gasteiger charge is -2.46. The molecule has 1 heteroatoms. The third kappa shape index (κ3) is 1.25. The Kier molecular flexibility index (Phi) is 2.05. The highest BCUT2D eigenvalue weighted by atomic mass is 16.1. The maximum Gasteiger partial charge on any atom is 0.159 e. The summed E-state index contributed by atoms with van der Waals surface area (Å²) in [6, 6.07) is 0. The van der Waals surface area contributed by atoms with Crippen molar-refractivity contribution >= 4 is 5.78 Å². The molecule has 0 radical (unpaired) electrons. The molecule has 2 rings (SSSR count). The maximum atomic E-state index is 11.7. The van der Waals surface area contributed by atoms with Gasteiger partial charge in [0.15, 0.2) is 5.78 Å². The minimum Gasteiger partial charge on any atom is -0.295 e. The Labute approximate surface area is 80.2 Å². The zero-order valence-electron chi connectivity index (χ0n) is 8.55. The molecular formula is C12H18O. The highest BCUT2D eigenvalue weighted by Crippen LogP contribution is 2.49. The molecule has 0 aromatic carbocycles. The molecule has 0 spiro atoms. The van der Waals surface area contributed by atoms with Gasteiger partial charge in [-0.05, 0) is 30.3 Å². The Morgan fingerprint density at radius 1 is 1.46 bits per heavy atom. The van der Waals surface area contributed by atoms with E-state index in [1.165, 1.54) is 12.8 Å². The monoisotopic (exact) mass is 178 g/mol. The first-order valence-corrected chi connectivity index (χ1v) is 5.35. The molecule has 0 saturated heterocycles. The summed E-state index contributed by atoms with van der Waals surface area (Å²) in [6.45, 7) is 4.60. The first kappa shape index (κ1) is 8.98. The van der Waals surface area contributed by atoms with Crippen molar-refractivity contribution in [1.82, 2.24) is 0 Å². The fraction of sp³-hybridized carbons (Fsp3) is 0.750. The number of hydrogen-bond donors (Lipinski definition) is 0. The normalized spacial score (nSPS) is 44.6. The topological polar surface area (TPSA) is 17.1 Å². The predicted molar refractivity (Wildman–Crippen MR) is 53.4 cm³/mol. The predicted octanol–water partition coefficient (Wildman–Crippen LogP) is 2.96. The van der Waals surface area contributed by atoms with Gasteiger partial charge in [-0.15, -0.1) is 0 Å². The second kappa shape index (κ2) is 2.97. The van der Waals surface area contributed by atoms with Crippen LogP contribution in [0.1, 0.15) is 39.5 Å². The molecule has 0 aliphatic heterocycles. The van der Waals surface area contributed by atoms with E-state index in [1.54, 1.807) is 6.08 Å². The summed E-state index contributed by atoms with van der Waals surface area (Å²) in [6.07, 6.45) is 8.62. The molecule has 0 aromatic rings. The second-order valence-corrected chi connectivity index (χ2v) is 4.90. The van der Waals surface area contributed by atoms with Crippen molar-refractivity contribution in [2.24, 2.45) is 17.3 Å². The summed E-state index contributed by atoms with van der Waals surface area (Å²) < 4.78 is 0. The second-order valence-electron chi connectivity index (χ2n) is 4.90. The van der Waals surface area contributed by atoms with Crippen LogP contribution in [0.4, 0.5) is 0 Å². The van der Waals surface area contributed by atoms with E-state index < -0.39 is 0 Å². The third-order valence-electron chi connectivity index (χ3n) is 4.23. The number of ketones is 1. The zero-order chi connectivity index (χ0) is 9.47. The lowest BCUT2D eigenvalue weighted by Crippen LogP contribution is -2.42. The molecule has 2 aliphatic carbocycles. The van der Waals surface area contributed by atoms with Crippen LogP contribution < -0.4 is 0 Å². The van der Waals surface area contributed by atoms with Crippen LogP contribution in [0, 0.1) is 17.3 Å². The molecule has 1 saturated carbocycles. The highest BCUT2D eigenvalue weighted by Gasteiger charge is 2.45. The lowest BCUT2D eigenvalue weighted by molar-refractivity contribution is -0.126. The molecule has 0 amide bonds.